The van der Waals surface area contributed by atoms with Gasteiger partial charge in [0.25, 0.3) is 5.91 Å². The van der Waals surface area contributed by atoms with Crippen LogP contribution in [0.1, 0.15) is 28.8 Å². The van der Waals surface area contributed by atoms with Gasteiger partial charge in [0.2, 0.25) is 0 Å². The van der Waals surface area contributed by atoms with E-state index in [4.69, 9.17) is 4.74 Å². The minimum absolute atomic E-state index is 0.000283. The van der Waals surface area contributed by atoms with Crippen molar-refractivity contribution < 1.29 is 9.53 Å². The number of anilines is 1. The maximum atomic E-state index is 12.0. The number of aryl methyl sites for hydroxylation is 1. The van der Waals surface area contributed by atoms with Crippen LogP contribution in [-0.4, -0.2) is 32.2 Å². The largest absolute Gasteiger partial charge is 0.388 e. The van der Waals surface area contributed by atoms with Crippen LogP contribution in [0.15, 0.2) is 18.2 Å². The van der Waals surface area contributed by atoms with E-state index in [1.165, 1.54) is 0 Å². The first-order valence-corrected chi connectivity index (χ1v) is 6.26. The third-order valence-corrected chi connectivity index (χ3v) is 3.52. The molecular formula is C14H20N2O2. The van der Waals surface area contributed by atoms with E-state index in [1.54, 1.807) is 7.11 Å². The Morgan fingerprint density at radius 1 is 1.39 bits per heavy atom. The van der Waals surface area contributed by atoms with Crippen molar-refractivity contribution in [2.45, 2.75) is 31.9 Å². The average Bonchev–Trinajstić information content (AvgIpc) is 2.32. The van der Waals surface area contributed by atoms with E-state index in [-0.39, 0.29) is 11.9 Å². The van der Waals surface area contributed by atoms with Gasteiger partial charge in [-0.05, 0) is 43.5 Å². The van der Waals surface area contributed by atoms with Crippen LogP contribution >= 0.6 is 0 Å². The lowest BCUT2D eigenvalue weighted by molar-refractivity contribution is 0.0176. The molecule has 0 radical (unpaired) electrons. The fourth-order valence-electron chi connectivity index (χ4n) is 2.23. The van der Waals surface area contributed by atoms with E-state index in [1.807, 2.05) is 32.2 Å². The van der Waals surface area contributed by atoms with Gasteiger partial charge in [0.1, 0.15) is 0 Å². The van der Waals surface area contributed by atoms with Crippen molar-refractivity contribution in [2.75, 3.05) is 19.5 Å². The molecule has 0 atom stereocenters. The highest BCUT2D eigenvalue weighted by atomic mass is 16.5. The van der Waals surface area contributed by atoms with Gasteiger partial charge in [0.15, 0.2) is 0 Å². The lowest BCUT2D eigenvalue weighted by atomic mass is 9.89. The van der Waals surface area contributed by atoms with Gasteiger partial charge < -0.3 is 15.4 Å². The molecule has 1 aliphatic rings. The molecule has 0 heterocycles. The van der Waals surface area contributed by atoms with E-state index in [0.717, 1.165) is 24.1 Å². The second kappa shape index (κ2) is 5.40. The van der Waals surface area contributed by atoms with Crippen LogP contribution in [0.4, 0.5) is 5.69 Å². The monoisotopic (exact) mass is 248 g/mol. The highest BCUT2D eigenvalue weighted by molar-refractivity contribution is 5.95. The molecule has 0 spiro atoms. The summed E-state index contributed by atoms with van der Waals surface area (Å²) in [7, 11) is 3.59. The zero-order valence-electron chi connectivity index (χ0n) is 11.1. The van der Waals surface area contributed by atoms with E-state index in [2.05, 4.69) is 10.6 Å². The summed E-state index contributed by atoms with van der Waals surface area (Å²) < 4.78 is 5.19. The summed E-state index contributed by atoms with van der Waals surface area (Å²) in [5.74, 6) is 0.000283. The minimum atomic E-state index is 0.000283. The van der Waals surface area contributed by atoms with Crippen molar-refractivity contribution in [3.63, 3.8) is 0 Å². The first-order valence-electron chi connectivity index (χ1n) is 6.26. The summed E-state index contributed by atoms with van der Waals surface area (Å²) in [6, 6.07) is 5.95. The van der Waals surface area contributed by atoms with Gasteiger partial charge in [0, 0.05) is 31.5 Å². The number of methoxy groups -OCH3 is 1. The molecule has 0 unspecified atom stereocenters. The van der Waals surface area contributed by atoms with E-state index < -0.39 is 0 Å². The number of carbonyl (C=O) groups excluding carboxylic acids is 1. The summed E-state index contributed by atoms with van der Waals surface area (Å²) in [5, 5.41) is 6.11. The zero-order valence-corrected chi connectivity index (χ0v) is 11.1. The predicted molar refractivity (Wildman–Crippen MR) is 72.0 cm³/mol. The third-order valence-electron chi connectivity index (χ3n) is 3.52. The Morgan fingerprint density at radius 3 is 2.67 bits per heavy atom. The van der Waals surface area contributed by atoms with Crippen LogP contribution in [0.25, 0.3) is 0 Å². The molecule has 1 aromatic rings. The maximum absolute atomic E-state index is 12.0. The predicted octanol–water partition coefficient (Wildman–Crippen LogP) is 1.94. The lowest BCUT2D eigenvalue weighted by Crippen LogP contribution is -2.47. The van der Waals surface area contributed by atoms with Crippen LogP contribution in [0, 0.1) is 6.92 Å². The smallest absolute Gasteiger partial charge is 0.251 e. The number of rotatable bonds is 4. The summed E-state index contributed by atoms with van der Waals surface area (Å²) in [5.41, 5.74) is 2.84. The van der Waals surface area contributed by atoms with Crippen LogP contribution < -0.4 is 10.6 Å². The van der Waals surface area contributed by atoms with Gasteiger partial charge >= 0.3 is 0 Å². The lowest BCUT2D eigenvalue weighted by Gasteiger charge is -2.34. The minimum Gasteiger partial charge on any atom is -0.388 e. The number of hydrogen-bond donors (Lipinski definition) is 2. The van der Waals surface area contributed by atoms with E-state index in [9.17, 15) is 4.79 Å². The van der Waals surface area contributed by atoms with E-state index in [0.29, 0.717) is 11.7 Å². The zero-order chi connectivity index (χ0) is 13.1. The van der Waals surface area contributed by atoms with Crippen LogP contribution in [0.2, 0.25) is 0 Å². The molecule has 4 nitrogen and oxygen atoms in total. The Morgan fingerprint density at radius 2 is 2.11 bits per heavy atom. The Labute approximate surface area is 108 Å². The summed E-state index contributed by atoms with van der Waals surface area (Å²) in [4.78, 5) is 12.0. The molecule has 1 aliphatic carbocycles. The first kappa shape index (κ1) is 12.9. The fourth-order valence-corrected chi connectivity index (χ4v) is 2.23. The molecule has 0 bridgehead atoms. The molecule has 1 aromatic carbocycles. The van der Waals surface area contributed by atoms with Crippen molar-refractivity contribution >= 4 is 11.6 Å². The highest BCUT2D eigenvalue weighted by Crippen LogP contribution is 2.23. The Kier molecular flexibility index (Phi) is 3.87. The van der Waals surface area contributed by atoms with Gasteiger partial charge in [-0.2, -0.15) is 0 Å². The number of nitrogens with one attached hydrogen (secondary N) is 2. The topological polar surface area (TPSA) is 50.4 Å². The molecule has 2 N–H and O–H groups in total. The molecular weight excluding hydrogens is 228 g/mol. The summed E-state index contributed by atoms with van der Waals surface area (Å²) >= 11 is 0. The second-order valence-electron chi connectivity index (χ2n) is 4.78. The van der Waals surface area contributed by atoms with Gasteiger partial charge in [-0.3, -0.25) is 4.79 Å². The Hall–Kier alpha value is -1.55. The van der Waals surface area contributed by atoms with Gasteiger partial charge in [-0.15, -0.1) is 0 Å². The quantitative estimate of drug-likeness (QED) is 0.856. The van der Waals surface area contributed by atoms with Crippen molar-refractivity contribution in [1.29, 1.82) is 0 Å². The molecule has 0 aromatic heterocycles. The van der Waals surface area contributed by atoms with Crippen molar-refractivity contribution in [2.24, 2.45) is 0 Å². The SMILES string of the molecule is CNc1ccc(C(=O)NC2CC(OC)C2)cc1C. The van der Waals surface area contributed by atoms with Crippen molar-refractivity contribution in [1.82, 2.24) is 5.32 Å². The van der Waals surface area contributed by atoms with E-state index >= 15 is 0 Å². The maximum Gasteiger partial charge on any atom is 0.251 e. The molecule has 4 heteroatoms. The normalized spacial score (nSPS) is 22.2. The van der Waals surface area contributed by atoms with Gasteiger partial charge in [0.05, 0.1) is 6.10 Å². The van der Waals surface area contributed by atoms with Gasteiger partial charge in [-0.1, -0.05) is 0 Å². The number of hydrogen-bond acceptors (Lipinski definition) is 3. The van der Waals surface area contributed by atoms with Crippen LogP contribution in [0.5, 0.6) is 0 Å². The Bertz CT molecular complexity index is 439. The standard InChI is InChI=1S/C14H20N2O2/c1-9-6-10(4-5-13(9)15-2)14(17)16-11-7-12(8-11)18-3/h4-6,11-12,15H,7-8H2,1-3H3,(H,16,17). The van der Waals surface area contributed by atoms with Crippen molar-refractivity contribution in [3.8, 4) is 0 Å². The average molecular weight is 248 g/mol. The van der Waals surface area contributed by atoms with Crippen molar-refractivity contribution in [3.05, 3.63) is 29.3 Å². The molecule has 98 valence electrons. The first-order chi connectivity index (χ1) is 8.63. The number of amides is 1. The molecule has 0 saturated heterocycles. The third kappa shape index (κ3) is 2.64. The number of carbonyl (C=O) groups is 1. The number of benzene rings is 1. The number of ether oxygens (including phenoxy) is 1. The summed E-state index contributed by atoms with van der Waals surface area (Å²) in [6.45, 7) is 1.99. The highest BCUT2D eigenvalue weighted by Gasteiger charge is 2.30. The molecule has 1 saturated carbocycles. The second-order valence-corrected chi connectivity index (χ2v) is 4.78. The molecule has 1 amide bonds. The Balaban J connectivity index is 1.95. The molecule has 2 rings (SSSR count). The fraction of sp³-hybridized carbons (Fsp3) is 0.500. The van der Waals surface area contributed by atoms with Crippen LogP contribution in [0.3, 0.4) is 0 Å². The molecule has 0 aliphatic heterocycles. The molecule has 1 fully saturated rings. The van der Waals surface area contributed by atoms with Gasteiger partial charge in [-0.25, -0.2) is 0 Å². The summed E-state index contributed by atoms with van der Waals surface area (Å²) in [6.07, 6.45) is 2.13. The molecule has 18 heavy (non-hydrogen) atoms. The van der Waals surface area contributed by atoms with Crippen LogP contribution in [-0.2, 0) is 4.74 Å².